The minimum Gasteiger partial charge on any atom is -0.323 e. The second-order valence-electron chi connectivity index (χ2n) is 4.65. The summed E-state index contributed by atoms with van der Waals surface area (Å²) in [4.78, 5) is 5.63. The maximum absolute atomic E-state index is 5.96. The van der Waals surface area contributed by atoms with Gasteiger partial charge in [0.2, 0.25) is 0 Å². The van der Waals surface area contributed by atoms with Crippen molar-refractivity contribution in [1.29, 1.82) is 0 Å². The van der Waals surface area contributed by atoms with Crippen LogP contribution in [-0.4, -0.2) is 4.98 Å². The molecule has 0 saturated carbocycles. The lowest BCUT2D eigenvalue weighted by Gasteiger charge is -2.09. The Morgan fingerprint density at radius 3 is 2.63 bits per heavy atom. The zero-order chi connectivity index (χ0) is 13.7. The van der Waals surface area contributed by atoms with E-state index in [0.717, 1.165) is 17.9 Å². The average molecular weight is 272 g/mol. The van der Waals surface area contributed by atoms with Gasteiger partial charge in [-0.3, -0.25) is 4.98 Å². The van der Waals surface area contributed by atoms with Crippen molar-refractivity contribution in [3.63, 3.8) is 0 Å². The first-order valence-corrected chi connectivity index (χ1v) is 7.58. The van der Waals surface area contributed by atoms with Crippen molar-refractivity contribution in [2.45, 2.75) is 37.0 Å². The lowest BCUT2D eigenvalue weighted by atomic mass is 10.1. The molecule has 0 bridgehead atoms. The molecule has 0 aliphatic heterocycles. The summed E-state index contributed by atoms with van der Waals surface area (Å²) in [5, 5.41) is 0. The first-order valence-electron chi connectivity index (χ1n) is 6.59. The van der Waals surface area contributed by atoms with Gasteiger partial charge in [-0.05, 0) is 36.6 Å². The predicted octanol–water partition coefficient (Wildman–Crippen LogP) is 4.09. The summed E-state index contributed by atoms with van der Waals surface area (Å²) in [6, 6.07) is 12.7. The van der Waals surface area contributed by atoms with Crippen molar-refractivity contribution in [1.82, 2.24) is 4.98 Å². The van der Waals surface area contributed by atoms with Crippen LogP contribution in [-0.2, 0) is 5.75 Å². The van der Waals surface area contributed by atoms with Crippen LogP contribution in [0.5, 0.6) is 0 Å². The molecule has 100 valence electrons. The minimum atomic E-state index is 0.0513. The van der Waals surface area contributed by atoms with Crippen LogP contribution in [0, 0.1) is 6.92 Å². The third-order valence-corrected chi connectivity index (χ3v) is 4.26. The van der Waals surface area contributed by atoms with Crippen LogP contribution in [0.15, 0.2) is 47.5 Å². The molecule has 2 rings (SSSR count). The lowest BCUT2D eigenvalue weighted by molar-refractivity contribution is 0.674. The third-order valence-electron chi connectivity index (χ3n) is 3.23. The Labute approximate surface area is 119 Å². The monoisotopic (exact) mass is 272 g/mol. The molecule has 0 saturated heterocycles. The highest BCUT2D eigenvalue weighted by Crippen LogP contribution is 2.24. The molecule has 1 heterocycles. The number of hydrogen-bond acceptors (Lipinski definition) is 3. The molecule has 0 amide bonds. The SMILES string of the molecule is CC[C@@H](N)c1ccc(SCc2ccccc2C)cn1. The van der Waals surface area contributed by atoms with E-state index in [4.69, 9.17) is 5.73 Å². The summed E-state index contributed by atoms with van der Waals surface area (Å²) in [6.07, 6.45) is 2.84. The van der Waals surface area contributed by atoms with Gasteiger partial charge in [0.25, 0.3) is 0 Å². The van der Waals surface area contributed by atoms with Crippen LogP contribution in [0.4, 0.5) is 0 Å². The van der Waals surface area contributed by atoms with Crippen LogP contribution >= 0.6 is 11.8 Å². The van der Waals surface area contributed by atoms with Gasteiger partial charge in [-0.1, -0.05) is 31.2 Å². The van der Waals surface area contributed by atoms with Crippen molar-refractivity contribution >= 4 is 11.8 Å². The normalized spacial score (nSPS) is 12.4. The van der Waals surface area contributed by atoms with Crippen LogP contribution in [0.25, 0.3) is 0 Å². The second-order valence-corrected chi connectivity index (χ2v) is 5.70. The summed E-state index contributed by atoms with van der Waals surface area (Å²) in [6.45, 7) is 4.23. The van der Waals surface area contributed by atoms with Crippen LogP contribution in [0.3, 0.4) is 0 Å². The van der Waals surface area contributed by atoms with E-state index in [-0.39, 0.29) is 6.04 Å². The minimum absolute atomic E-state index is 0.0513. The number of hydrogen-bond donors (Lipinski definition) is 1. The fraction of sp³-hybridized carbons (Fsp3) is 0.312. The quantitative estimate of drug-likeness (QED) is 0.833. The Balaban J connectivity index is 1.99. The van der Waals surface area contributed by atoms with Gasteiger partial charge in [-0.25, -0.2) is 0 Å². The highest BCUT2D eigenvalue weighted by Gasteiger charge is 2.05. The molecule has 0 fully saturated rings. The van der Waals surface area contributed by atoms with E-state index >= 15 is 0 Å². The molecule has 0 unspecified atom stereocenters. The smallest absolute Gasteiger partial charge is 0.0571 e. The van der Waals surface area contributed by atoms with Gasteiger partial charge >= 0.3 is 0 Å². The molecule has 1 aromatic heterocycles. The van der Waals surface area contributed by atoms with Crippen molar-refractivity contribution in [3.8, 4) is 0 Å². The maximum Gasteiger partial charge on any atom is 0.0571 e. The third kappa shape index (κ3) is 3.82. The van der Waals surface area contributed by atoms with Gasteiger partial charge in [0.15, 0.2) is 0 Å². The summed E-state index contributed by atoms with van der Waals surface area (Å²) in [5.41, 5.74) is 9.65. The zero-order valence-electron chi connectivity index (χ0n) is 11.5. The molecule has 2 aromatic rings. The zero-order valence-corrected chi connectivity index (χ0v) is 12.3. The topological polar surface area (TPSA) is 38.9 Å². The molecule has 2 nitrogen and oxygen atoms in total. The Morgan fingerprint density at radius 1 is 1.21 bits per heavy atom. The van der Waals surface area contributed by atoms with Crippen molar-refractivity contribution in [2.75, 3.05) is 0 Å². The molecule has 19 heavy (non-hydrogen) atoms. The van der Waals surface area contributed by atoms with Gasteiger partial charge < -0.3 is 5.73 Å². The van der Waals surface area contributed by atoms with Crippen LogP contribution in [0.1, 0.15) is 36.2 Å². The molecule has 1 aromatic carbocycles. The van der Waals surface area contributed by atoms with Gasteiger partial charge in [0.1, 0.15) is 0 Å². The highest BCUT2D eigenvalue weighted by atomic mass is 32.2. The van der Waals surface area contributed by atoms with Crippen molar-refractivity contribution in [3.05, 3.63) is 59.4 Å². The molecule has 1 atom stereocenters. The van der Waals surface area contributed by atoms with Gasteiger partial charge in [0, 0.05) is 22.9 Å². The molecule has 0 aliphatic rings. The van der Waals surface area contributed by atoms with E-state index in [2.05, 4.69) is 49.2 Å². The van der Waals surface area contributed by atoms with Crippen LogP contribution < -0.4 is 5.73 Å². The number of nitrogens with two attached hydrogens (primary N) is 1. The van der Waals surface area contributed by atoms with E-state index in [1.807, 2.05) is 24.0 Å². The number of thioether (sulfide) groups is 1. The lowest BCUT2D eigenvalue weighted by Crippen LogP contribution is -2.10. The highest BCUT2D eigenvalue weighted by molar-refractivity contribution is 7.98. The van der Waals surface area contributed by atoms with Crippen LogP contribution in [0.2, 0.25) is 0 Å². The number of benzene rings is 1. The van der Waals surface area contributed by atoms with E-state index in [0.29, 0.717) is 0 Å². The Hall–Kier alpha value is -1.32. The number of nitrogens with zero attached hydrogens (tertiary/aromatic N) is 1. The first-order chi connectivity index (χ1) is 9.20. The van der Waals surface area contributed by atoms with E-state index in [1.54, 1.807) is 0 Å². The fourth-order valence-corrected chi connectivity index (χ4v) is 2.78. The fourth-order valence-electron chi connectivity index (χ4n) is 1.84. The Morgan fingerprint density at radius 2 is 2.00 bits per heavy atom. The predicted molar refractivity (Wildman–Crippen MR) is 82.2 cm³/mol. The molecule has 0 spiro atoms. The van der Waals surface area contributed by atoms with E-state index < -0.39 is 0 Å². The molecule has 2 N–H and O–H groups in total. The maximum atomic E-state index is 5.96. The Kier molecular flexibility index (Phi) is 5.00. The summed E-state index contributed by atoms with van der Waals surface area (Å²) in [7, 11) is 0. The van der Waals surface area contributed by atoms with E-state index in [1.165, 1.54) is 16.0 Å². The first kappa shape index (κ1) is 14.1. The van der Waals surface area contributed by atoms with Crippen molar-refractivity contribution < 1.29 is 0 Å². The molecular formula is C16H20N2S. The number of rotatable bonds is 5. The van der Waals surface area contributed by atoms with E-state index in [9.17, 15) is 0 Å². The van der Waals surface area contributed by atoms with Gasteiger partial charge in [-0.15, -0.1) is 11.8 Å². The molecular weight excluding hydrogens is 252 g/mol. The number of pyridine rings is 1. The standard InChI is InChI=1S/C16H20N2S/c1-3-15(17)16-9-8-14(10-18-16)19-11-13-7-5-4-6-12(13)2/h4-10,15H,3,11,17H2,1-2H3/t15-/m1/s1. The van der Waals surface area contributed by atoms with Crippen molar-refractivity contribution in [2.24, 2.45) is 5.73 Å². The molecule has 0 radical (unpaired) electrons. The summed E-state index contributed by atoms with van der Waals surface area (Å²) < 4.78 is 0. The average Bonchev–Trinajstić information content (AvgIpc) is 2.46. The summed E-state index contributed by atoms with van der Waals surface area (Å²) >= 11 is 1.81. The second kappa shape index (κ2) is 6.73. The van der Waals surface area contributed by atoms with Gasteiger partial charge in [-0.2, -0.15) is 0 Å². The number of aromatic nitrogens is 1. The largest absolute Gasteiger partial charge is 0.323 e. The molecule has 0 aliphatic carbocycles. The Bertz CT molecular complexity index is 523. The summed E-state index contributed by atoms with van der Waals surface area (Å²) in [5.74, 6) is 0.980. The number of aryl methyl sites for hydroxylation is 1. The molecule has 3 heteroatoms. The van der Waals surface area contributed by atoms with Gasteiger partial charge in [0.05, 0.1) is 5.69 Å².